The molecule has 1 amide bonds. The molecule has 0 aliphatic carbocycles. The summed E-state index contributed by atoms with van der Waals surface area (Å²) in [6, 6.07) is 5.80. The number of anilines is 2. The van der Waals surface area contributed by atoms with E-state index in [0.717, 1.165) is 5.69 Å². The number of carbonyl (C=O) groups excluding carboxylic acids is 1. The first kappa shape index (κ1) is 13.5. The van der Waals surface area contributed by atoms with Crippen LogP contribution in [-0.4, -0.2) is 10.9 Å². The molecule has 0 fully saturated rings. The lowest BCUT2D eigenvalue weighted by Gasteiger charge is -2.02. The number of nitrogens with one attached hydrogen (secondary N) is 1. The smallest absolute Gasteiger partial charge is 0.260 e. The molecule has 0 radical (unpaired) electrons. The number of nitrogens with two attached hydrogens (primary N) is 1. The molecule has 0 saturated carbocycles. The Morgan fingerprint density at radius 2 is 2.11 bits per heavy atom. The maximum Gasteiger partial charge on any atom is 0.260 e. The number of carbonyl (C=O) groups is 1. The molecule has 1 aromatic carbocycles. The number of thiazole rings is 1. The van der Waals surface area contributed by atoms with Gasteiger partial charge >= 0.3 is 0 Å². The van der Waals surface area contributed by atoms with E-state index >= 15 is 0 Å². The molecule has 1 aromatic heterocycles. The normalized spacial score (nSPS) is 10.7. The van der Waals surface area contributed by atoms with E-state index in [-0.39, 0.29) is 11.5 Å². The predicted molar refractivity (Wildman–Crippen MR) is 75.0 cm³/mol. The van der Waals surface area contributed by atoms with E-state index in [1.165, 1.54) is 29.5 Å². The lowest BCUT2D eigenvalue weighted by Crippen LogP contribution is -2.13. The number of amides is 1. The second-order valence-corrected chi connectivity index (χ2v) is 5.39. The van der Waals surface area contributed by atoms with Gasteiger partial charge in [-0.15, -0.1) is 0 Å². The zero-order valence-corrected chi connectivity index (χ0v) is 11.4. The van der Waals surface area contributed by atoms with Crippen LogP contribution in [0.5, 0.6) is 0 Å². The summed E-state index contributed by atoms with van der Waals surface area (Å²) < 4.78 is 13.5. The number of rotatable bonds is 3. The van der Waals surface area contributed by atoms with Gasteiger partial charge in [-0.25, -0.2) is 9.37 Å². The Morgan fingerprint density at radius 1 is 1.42 bits per heavy atom. The monoisotopic (exact) mass is 279 g/mol. The average molecular weight is 279 g/mol. The molecule has 6 heteroatoms. The first-order valence-electron chi connectivity index (χ1n) is 5.81. The SMILES string of the molecule is CC(C)c1nc(NC(=O)c2ccccc2F)sc1N. The summed E-state index contributed by atoms with van der Waals surface area (Å²) >= 11 is 1.18. The Bertz CT molecular complexity index is 610. The van der Waals surface area contributed by atoms with Gasteiger partial charge in [0.15, 0.2) is 5.13 Å². The van der Waals surface area contributed by atoms with Crippen LogP contribution in [0, 0.1) is 5.82 Å². The molecule has 0 bridgehead atoms. The molecule has 0 unspecified atom stereocenters. The van der Waals surface area contributed by atoms with Gasteiger partial charge in [0, 0.05) is 0 Å². The summed E-state index contributed by atoms with van der Waals surface area (Å²) in [6.07, 6.45) is 0. The fourth-order valence-electron chi connectivity index (χ4n) is 1.62. The lowest BCUT2D eigenvalue weighted by molar-refractivity contribution is 0.102. The maximum absolute atomic E-state index is 13.5. The number of nitrogens with zero attached hydrogens (tertiary/aromatic N) is 1. The first-order chi connectivity index (χ1) is 8.99. The van der Waals surface area contributed by atoms with Gasteiger partial charge in [0.25, 0.3) is 5.91 Å². The summed E-state index contributed by atoms with van der Waals surface area (Å²) in [4.78, 5) is 16.1. The Hall–Kier alpha value is -1.95. The molecule has 19 heavy (non-hydrogen) atoms. The van der Waals surface area contributed by atoms with Crippen LogP contribution in [-0.2, 0) is 0 Å². The molecule has 3 N–H and O–H groups in total. The minimum absolute atomic E-state index is 0.0117. The van der Waals surface area contributed by atoms with Crippen LogP contribution in [0.2, 0.25) is 0 Å². The van der Waals surface area contributed by atoms with Crippen molar-refractivity contribution in [2.75, 3.05) is 11.1 Å². The third-order valence-corrected chi connectivity index (χ3v) is 3.38. The highest BCUT2D eigenvalue weighted by Gasteiger charge is 2.16. The number of benzene rings is 1. The number of aromatic nitrogens is 1. The molecule has 0 atom stereocenters. The lowest BCUT2D eigenvalue weighted by atomic mass is 10.1. The van der Waals surface area contributed by atoms with E-state index in [9.17, 15) is 9.18 Å². The number of halogens is 1. The van der Waals surface area contributed by atoms with Crippen molar-refractivity contribution in [1.29, 1.82) is 0 Å². The van der Waals surface area contributed by atoms with Crippen LogP contribution in [0.15, 0.2) is 24.3 Å². The standard InChI is InChI=1S/C13H14FN3OS/c1-7(2)10-11(15)19-13(16-10)17-12(18)8-5-3-4-6-9(8)14/h3-7H,15H2,1-2H3,(H,16,17,18). The topological polar surface area (TPSA) is 68.0 Å². The van der Waals surface area contributed by atoms with Crippen LogP contribution < -0.4 is 11.1 Å². The fraction of sp³-hybridized carbons (Fsp3) is 0.231. The fourth-order valence-corrected chi connectivity index (χ4v) is 2.50. The highest BCUT2D eigenvalue weighted by atomic mass is 32.1. The van der Waals surface area contributed by atoms with Gasteiger partial charge in [-0.3, -0.25) is 10.1 Å². The molecule has 100 valence electrons. The van der Waals surface area contributed by atoms with Crippen LogP contribution in [0.4, 0.5) is 14.5 Å². The van der Waals surface area contributed by atoms with Gasteiger partial charge in [-0.05, 0) is 18.1 Å². The summed E-state index contributed by atoms with van der Waals surface area (Å²) in [5, 5.41) is 3.52. The van der Waals surface area contributed by atoms with E-state index in [4.69, 9.17) is 5.73 Å². The van der Waals surface area contributed by atoms with E-state index in [2.05, 4.69) is 10.3 Å². The maximum atomic E-state index is 13.5. The summed E-state index contributed by atoms with van der Waals surface area (Å²) in [5.74, 6) is -0.911. The number of hydrogen-bond donors (Lipinski definition) is 2. The van der Waals surface area contributed by atoms with E-state index in [1.54, 1.807) is 6.07 Å². The highest BCUT2D eigenvalue weighted by Crippen LogP contribution is 2.30. The minimum atomic E-state index is -0.561. The minimum Gasteiger partial charge on any atom is -0.389 e. The molecule has 4 nitrogen and oxygen atoms in total. The quantitative estimate of drug-likeness (QED) is 0.906. The van der Waals surface area contributed by atoms with Crippen LogP contribution in [0.1, 0.15) is 35.8 Å². The van der Waals surface area contributed by atoms with Gasteiger partial charge < -0.3 is 5.73 Å². The van der Waals surface area contributed by atoms with Gasteiger partial charge in [0.2, 0.25) is 0 Å². The average Bonchev–Trinajstić information content (AvgIpc) is 2.70. The summed E-state index contributed by atoms with van der Waals surface area (Å²) in [7, 11) is 0. The van der Waals surface area contributed by atoms with Crippen molar-refractivity contribution in [2.24, 2.45) is 0 Å². The van der Waals surface area contributed by atoms with E-state index < -0.39 is 11.7 Å². The van der Waals surface area contributed by atoms with Gasteiger partial charge in [-0.2, -0.15) is 0 Å². The van der Waals surface area contributed by atoms with Crippen LogP contribution >= 0.6 is 11.3 Å². The highest BCUT2D eigenvalue weighted by molar-refractivity contribution is 7.19. The molecule has 2 aromatic rings. The third-order valence-electron chi connectivity index (χ3n) is 2.57. The Kier molecular flexibility index (Phi) is 3.80. The molecule has 2 rings (SSSR count). The first-order valence-corrected chi connectivity index (χ1v) is 6.62. The van der Waals surface area contributed by atoms with Gasteiger partial charge in [0.05, 0.1) is 11.3 Å². The van der Waals surface area contributed by atoms with Crippen molar-refractivity contribution in [1.82, 2.24) is 4.98 Å². The molecule has 0 spiro atoms. The van der Waals surface area contributed by atoms with Gasteiger partial charge in [-0.1, -0.05) is 37.3 Å². The van der Waals surface area contributed by atoms with E-state index in [0.29, 0.717) is 10.1 Å². The number of nitrogen functional groups attached to an aromatic ring is 1. The summed E-state index contributed by atoms with van der Waals surface area (Å²) in [5.41, 5.74) is 6.55. The molecular formula is C13H14FN3OS. The van der Waals surface area contributed by atoms with Crippen molar-refractivity contribution in [3.63, 3.8) is 0 Å². The third kappa shape index (κ3) is 2.90. The number of hydrogen-bond acceptors (Lipinski definition) is 4. The molecular weight excluding hydrogens is 265 g/mol. The Balaban J connectivity index is 2.20. The molecule has 0 saturated heterocycles. The molecule has 0 aliphatic rings. The van der Waals surface area contributed by atoms with Crippen molar-refractivity contribution < 1.29 is 9.18 Å². The van der Waals surface area contributed by atoms with Crippen LogP contribution in [0.3, 0.4) is 0 Å². The Morgan fingerprint density at radius 3 is 2.68 bits per heavy atom. The summed E-state index contributed by atoms with van der Waals surface area (Å²) in [6.45, 7) is 3.93. The Labute approximate surface area is 114 Å². The van der Waals surface area contributed by atoms with Crippen molar-refractivity contribution in [3.05, 3.63) is 41.3 Å². The second-order valence-electron chi connectivity index (χ2n) is 4.36. The van der Waals surface area contributed by atoms with Gasteiger partial charge in [0.1, 0.15) is 10.8 Å². The second kappa shape index (κ2) is 5.36. The van der Waals surface area contributed by atoms with E-state index in [1.807, 2.05) is 13.8 Å². The largest absolute Gasteiger partial charge is 0.389 e. The zero-order valence-electron chi connectivity index (χ0n) is 10.6. The molecule has 1 heterocycles. The molecule has 0 aliphatic heterocycles. The van der Waals surface area contributed by atoms with Crippen LogP contribution in [0.25, 0.3) is 0 Å². The van der Waals surface area contributed by atoms with Crippen molar-refractivity contribution in [2.45, 2.75) is 19.8 Å². The van der Waals surface area contributed by atoms with Crippen molar-refractivity contribution >= 4 is 27.4 Å². The zero-order chi connectivity index (χ0) is 14.0. The van der Waals surface area contributed by atoms with Crippen molar-refractivity contribution in [3.8, 4) is 0 Å². The predicted octanol–water partition coefficient (Wildman–Crippen LogP) is 3.24.